The number of hydrogen-bond acceptors (Lipinski definition) is 5. The summed E-state index contributed by atoms with van der Waals surface area (Å²) in [5, 5.41) is 4.29. The standard InChI is InChI=1S/C21H22N2O4S/c24-21(27-14-7-15-28(25,26)20-10-5-2-6-11-20)13-12-18-16-22-23(17-18)19-8-3-1-4-9-19/h1-6,8-11,16-17H,7,12-15H2. The van der Waals surface area contributed by atoms with Crippen molar-refractivity contribution in [3.05, 3.63) is 78.6 Å². The van der Waals surface area contributed by atoms with Crippen molar-refractivity contribution in [1.82, 2.24) is 9.78 Å². The summed E-state index contributed by atoms with van der Waals surface area (Å²) in [6.07, 6.45) is 4.64. The zero-order valence-corrected chi connectivity index (χ0v) is 16.2. The molecule has 0 amide bonds. The zero-order valence-electron chi connectivity index (χ0n) is 15.4. The Morgan fingerprint density at radius 2 is 1.68 bits per heavy atom. The van der Waals surface area contributed by atoms with Crippen LogP contribution in [0.5, 0.6) is 0 Å². The monoisotopic (exact) mass is 398 g/mol. The van der Waals surface area contributed by atoms with E-state index < -0.39 is 9.84 Å². The van der Waals surface area contributed by atoms with Gasteiger partial charge in [0.1, 0.15) is 0 Å². The van der Waals surface area contributed by atoms with E-state index in [2.05, 4.69) is 5.10 Å². The van der Waals surface area contributed by atoms with Crippen LogP contribution >= 0.6 is 0 Å². The SMILES string of the molecule is O=C(CCc1cnn(-c2ccccc2)c1)OCCCS(=O)(=O)c1ccccc1. The van der Waals surface area contributed by atoms with E-state index >= 15 is 0 Å². The molecule has 2 aromatic carbocycles. The van der Waals surface area contributed by atoms with Crippen LogP contribution in [0, 0.1) is 0 Å². The smallest absolute Gasteiger partial charge is 0.306 e. The lowest BCUT2D eigenvalue weighted by Crippen LogP contribution is -2.12. The first-order valence-corrected chi connectivity index (χ1v) is 10.7. The van der Waals surface area contributed by atoms with Crippen LogP contribution in [0.25, 0.3) is 5.69 Å². The molecule has 0 aliphatic heterocycles. The van der Waals surface area contributed by atoms with Crippen LogP contribution in [0.1, 0.15) is 18.4 Å². The van der Waals surface area contributed by atoms with E-state index in [1.165, 1.54) is 0 Å². The highest BCUT2D eigenvalue weighted by molar-refractivity contribution is 7.91. The molecule has 1 heterocycles. The summed E-state index contributed by atoms with van der Waals surface area (Å²) in [6, 6.07) is 18.0. The van der Waals surface area contributed by atoms with Crippen LogP contribution in [0.2, 0.25) is 0 Å². The number of para-hydroxylation sites is 1. The van der Waals surface area contributed by atoms with E-state index in [1.54, 1.807) is 41.2 Å². The third kappa shape index (κ3) is 5.53. The van der Waals surface area contributed by atoms with Gasteiger partial charge >= 0.3 is 5.97 Å². The summed E-state index contributed by atoms with van der Waals surface area (Å²) in [5.41, 5.74) is 1.89. The molecule has 0 aliphatic rings. The van der Waals surface area contributed by atoms with Gasteiger partial charge < -0.3 is 4.74 Å². The van der Waals surface area contributed by atoms with Crippen LogP contribution in [0.3, 0.4) is 0 Å². The van der Waals surface area contributed by atoms with Crippen LogP contribution in [0.15, 0.2) is 78.0 Å². The summed E-state index contributed by atoms with van der Waals surface area (Å²) in [6.45, 7) is 0.0914. The topological polar surface area (TPSA) is 78.3 Å². The molecule has 7 heteroatoms. The highest BCUT2D eigenvalue weighted by Crippen LogP contribution is 2.12. The second-order valence-electron chi connectivity index (χ2n) is 6.33. The number of rotatable bonds is 9. The van der Waals surface area contributed by atoms with Crippen LogP contribution in [-0.4, -0.2) is 36.5 Å². The van der Waals surface area contributed by atoms with Crippen LogP contribution in [-0.2, 0) is 25.8 Å². The van der Waals surface area contributed by atoms with Gasteiger partial charge in [-0.2, -0.15) is 5.10 Å². The molecule has 0 radical (unpaired) electrons. The molecule has 3 rings (SSSR count). The summed E-state index contributed by atoms with van der Waals surface area (Å²) in [7, 11) is -3.34. The van der Waals surface area contributed by atoms with E-state index in [-0.39, 0.29) is 36.1 Å². The molecule has 0 saturated heterocycles. The van der Waals surface area contributed by atoms with Gasteiger partial charge in [0.05, 0.1) is 29.1 Å². The van der Waals surface area contributed by atoms with Gasteiger partial charge in [-0.05, 0) is 42.7 Å². The number of aromatic nitrogens is 2. The maximum Gasteiger partial charge on any atom is 0.306 e. The molecule has 0 spiro atoms. The predicted molar refractivity (Wildman–Crippen MR) is 106 cm³/mol. The highest BCUT2D eigenvalue weighted by Gasteiger charge is 2.14. The molecule has 0 N–H and O–H groups in total. The van der Waals surface area contributed by atoms with Crippen LogP contribution in [0.4, 0.5) is 0 Å². The molecule has 0 atom stereocenters. The van der Waals surface area contributed by atoms with Crippen molar-refractivity contribution < 1.29 is 17.9 Å². The van der Waals surface area contributed by atoms with Gasteiger partial charge in [0.25, 0.3) is 0 Å². The van der Waals surface area contributed by atoms with Crippen molar-refractivity contribution in [2.75, 3.05) is 12.4 Å². The molecule has 146 valence electrons. The molecule has 0 unspecified atom stereocenters. The summed E-state index contributed by atoms with van der Waals surface area (Å²) < 4.78 is 31.2. The number of carbonyl (C=O) groups is 1. The average Bonchev–Trinajstić information content (AvgIpc) is 3.20. The summed E-state index contributed by atoms with van der Waals surface area (Å²) in [4.78, 5) is 12.2. The maximum absolute atomic E-state index is 12.2. The number of sulfone groups is 1. The molecule has 1 aromatic heterocycles. The van der Waals surface area contributed by atoms with Crippen LogP contribution < -0.4 is 0 Å². The second-order valence-corrected chi connectivity index (χ2v) is 8.44. The molecular formula is C21H22N2O4S. The highest BCUT2D eigenvalue weighted by atomic mass is 32.2. The Hall–Kier alpha value is -2.93. The van der Waals surface area contributed by atoms with Crippen molar-refractivity contribution in [2.45, 2.75) is 24.2 Å². The molecule has 3 aromatic rings. The van der Waals surface area contributed by atoms with Crippen molar-refractivity contribution in [3.8, 4) is 5.69 Å². The lowest BCUT2D eigenvalue weighted by molar-refractivity contribution is -0.143. The molecule has 6 nitrogen and oxygen atoms in total. The normalized spacial score (nSPS) is 11.3. The quantitative estimate of drug-likeness (QED) is 0.409. The fourth-order valence-corrected chi connectivity index (χ4v) is 4.02. The maximum atomic E-state index is 12.2. The lowest BCUT2D eigenvalue weighted by Gasteiger charge is -2.06. The van der Waals surface area contributed by atoms with E-state index in [4.69, 9.17) is 4.74 Å². The number of ether oxygens (including phenoxy) is 1. The molecular weight excluding hydrogens is 376 g/mol. The molecule has 0 saturated carbocycles. The second kappa shape index (κ2) is 9.32. The third-order valence-electron chi connectivity index (χ3n) is 4.20. The predicted octanol–water partition coefficient (Wildman–Crippen LogP) is 3.21. The van der Waals surface area contributed by atoms with E-state index in [0.29, 0.717) is 6.42 Å². The van der Waals surface area contributed by atoms with Gasteiger partial charge in [-0.15, -0.1) is 0 Å². The van der Waals surface area contributed by atoms with Crippen molar-refractivity contribution in [2.24, 2.45) is 0 Å². The Labute approximate surface area is 164 Å². The zero-order chi connectivity index (χ0) is 19.8. The Balaban J connectivity index is 1.39. The molecule has 0 bridgehead atoms. The third-order valence-corrected chi connectivity index (χ3v) is 6.01. The summed E-state index contributed by atoms with van der Waals surface area (Å²) in [5.74, 6) is -0.390. The van der Waals surface area contributed by atoms with Gasteiger partial charge in [0.15, 0.2) is 9.84 Å². The Bertz CT molecular complexity index is 999. The minimum absolute atomic E-state index is 0.0475. The van der Waals surface area contributed by atoms with E-state index in [0.717, 1.165) is 11.3 Å². The Morgan fingerprint density at radius 1 is 1.00 bits per heavy atom. The average molecular weight is 398 g/mol. The van der Waals surface area contributed by atoms with Crippen molar-refractivity contribution in [1.29, 1.82) is 0 Å². The molecule has 0 fully saturated rings. The van der Waals surface area contributed by atoms with E-state index in [9.17, 15) is 13.2 Å². The first-order valence-electron chi connectivity index (χ1n) is 9.07. The number of esters is 1. The van der Waals surface area contributed by atoms with Gasteiger partial charge in [-0.1, -0.05) is 36.4 Å². The first-order chi connectivity index (χ1) is 13.5. The Kier molecular flexibility index (Phi) is 6.60. The fourth-order valence-electron chi connectivity index (χ4n) is 2.71. The molecule has 28 heavy (non-hydrogen) atoms. The van der Waals surface area contributed by atoms with Gasteiger partial charge in [-0.3, -0.25) is 4.79 Å². The summed E-state index contributed by atoms with van der Waals surface area (Å²) >= 11 is 0. The lowest BCUT2D eigenvalue weighted by atomic mass is 10.2. The van der Waals surface area contributed by atoms with Crippen molar-refractivity contribution in [3.63, 3.8) is 0 Å². The van der Waals surface area contributed by atoms with Gasteiger partial charge in [0, 0.05) is 12.6 Å². The first kappa shape index (κ1) is 19.8. The number of carbonyl (C=O) groups excluding carboxylic acids is 1. The van der Waals surface area contributed by atoms with Gasteiger partial charge in [0.2, 0.25) is 0 Å². The number of aryl methyl sites for hydroxylation is 1. The fraction of sp³-hybridized carbons (Fsp3) is 0.238. The number of hydrogen-bond donors (Lipinski definition) is 0. The minimum atomic E-state index is -3.34. The number of nitrogens with zero attached hydrogens (tertiary/aromatic N) is 2. The van der Waals surface area contributed by atoms with Gasteiger partial charge in [-0.25, -0.2) is 13.1 Å². The van der Waals surface area contributed by atoms with Crippen molar-refractivity contribution >= 4 is 15.8 Å². The number of benzene rings is 2. The Morgan fingerprint density at radius 3 is 2.39 bits per heavy atom. The van der Waals surface area contributed by atoms with E-state index in [1.807, 2.05) is 36.5 Å². The largest absolute Gasteiger partial charge is 0.466 e. The molecule has 0 aliphatic carbocycles. The minimum Gasteiger partial charge on any atom is -0.466 e.